The third kappa shape index (κ3) is 1.51. The van der Waals surface area contributed by atoms with E-state index in [1.165, 1.54) is 0 Å². The Morgan fingerprint density at radius 2 is 2.46 bits per heavy atom. The number of aromatic nitrogens is 1. The van der Waals surface area contributed by atoms with E-state index in [1.54, 1.807) is 17.5 Å². The Balaban J connectivity index is 2.63. The van der Waals surface area contributed by atoms with Gasteiger partial charge in [-0.3, -0.25) is 0 Å². The van der Waals surface area contributed by atoms with Crippen LogP contribution in [0.4, 0.5) is 0 Å². The number of hydrogen-bond donors (Lipinski definition) is 0. The van der Waals surface area contributed by atoms with Gasteiger partial charge in [-0.2, -0.15) is 5.26 Å². The van der Waals surface area contributed by atoms with E-state index in [-0.39, 0.29) is 0 Å². The fourth-order valence-corrected chi connectivity index (χ4v) is 2.41. The van der Waals surface area contributed by atoms with Gasteiger partial charge in [0.1, 0.15) is 5.15 Å². The van der Waals surface area contributed by atoms with Crippen molar-refractivity contribution in [2.24, 2.45) is 0 Å². The minimum atomic E-state index is 0.440. The second-order valence-corrected chi connectivity index (χ2v) is 4.09. The number of fused-ring (bicyclic) bond motifs is 1. The minimum absolute atomic E-state index is 0.440. The molecule has 0 amide bonds. The molecule has 2 aromatic rings. The zero-order valence-corrected chi connectivity index (χ0v) is 8.19. The molecular formula is C9H5ClN2S. The molecule has 0 aliphatic carbocycles. The molecule has 0 N–H and O–H groups in total. The van der Waals surface area contributed by atoms with Crippen molar-refractivity contribution < 1.29 is 0 Å². The van der Waals surface area contributed by atoms with Crippen LogP contribution in [-0.4, -0.2) is 4.98 Å². The summed E-state index contributed by atoms with van der Waals surface area (Å²) in [5.41, 5.74) is 0. The van der Waals surface area contributed by atoms with Crippen LogP contribution < -0.4 is 0 Å². The molecule has 0 radical (unpaired) electrons. The highest BCUT2D eigenvalue weighted by Gasteiger charge is 2.04. The fourth-order valence-electron chi connectivity index (χ4n) is 1.15. The van der Waals surface area contributed by atoms with Crippen molar-refractivity contribution in [3.05, 3.63) is 28.4 Å². The topological polar surface area (TPSA) is 36.7 Å². The molecule has 2 aromatic heterocycles. The van der Waals surface area contributed by atoms with Gasteiger partial charge in [-0.15, -0.1) is 11.3 Å². The van der Waals surface area contributed by atoms with E-state index >= 15 is 0 Å². The quantitative estimate of drug-likeness (QED) is 0.676. The molecule has 2 rings (SSSR count). The van der Waals surface area contributed by atoms with Crippen LogP contribution in [0.3, 0.4) is 0 Å². The maximum Gasteiger partial charge on any atom is 0.137 e. The lowest BCUT2D eigenvalue weighted by Gasteiger charge is -1.88. The normalized spacial score (nSPS) is 10.2. The lowest BCUT2D eigenvalue weighted by Crippen LogP contribution is -1.72. The van der Waals surface area contributed by atoms with Gasteiger partial charge in [0.15, 0.2) is 0 Å². The van der Waals surface area contributed by atoms with Crippen LogP contribution in [-0.2, 0) is 6.42 Å². The molecule has 0 aliphatic rings. The van der Waals surface area contributed by atoms with E-state index in [0.29, 0.717) is 11.6 Å². The van der Waals surface area contributed by atoms with Gasteiger partial charge in [0, 0.05) is 21.2 Å². The average Bonchev–Trinajstić information content (AvgIpc) is 2.49. The number of nitriles is 1. The first-order valence-corrected chi connectivity index (χ1v) is 4.90. The summed E-state index contributed by atoms with van der Waals surface area (Å²) in [4.78, 5) is 5.00. The average molecular weight is 209 g/mol. The molecule has 0 unspecified atom stereocenters. The van der Waals surface area contributed by atoms with Crippen LogP contribution in [0.2, 0.25) is 5.15 Å². The molecule has 0 fully saturated rings. The molecule has 2 heterocycles. The first-order chi connectivity index (χ1) is 6.31. The highest BCUT2D eigenvalue weighted by molar-refractivity contribution is 7.19. The van der Waals surface area contributed by atoms with Crippen molar-refractivity contribution in [1.82, 2.24) is 4.98 Å². The Kier molecular flexibility index (Phi) is 2.17. The van der Waals surface area contributed by atoms with Crippen LogP contribution in [0.25, 0.3) is 10.1 Å². The van der Waals surface area contributed by atoms with Gasteiger partial charge in [-0.25, -0.2) is 4.98 Å². The SMILES string of the molecule is N#CCc1cc2c(Cl)nccc2s1. The number of nitrogens with zero attached hydrogens (tertiary/aromatic N) is 2. The summed E-state index contributed by atoms with van der Waals surface area (Å²) in [6.07, 6.45) is 2.12. The Morgan fingerprint density at radius 3 is 3.15 bits per heavy atom. The van der Waals surface area contributed by atoms with Crippen LogP contribution in [0, 0.1) is 11.3 Å². The maximum absolute atomic E-state index is 8.52. The van der Waals surface area contributed by atoms with Crippen molar-refractivity contribution in [3.63, 3.8) is 0 Å². The monoisotopic (exact) mass is 208 g/mol. The zero-order chi connectivity index (χ0) is 9.26. The molecule has 0 bridgehead atoms. The lowest BCUT2D eigenvalue weighted by molar-refractivity contribution is 1.32. The Labute approximate surface area is 84.4 Å². The summed E-state index contributed by atoms with van der Waals surface area (Å²) in [6, 6.07) is 5.95. The van der Waals surface area contributed by atoms with Crippen molar-refractivity contribution in [2.45, 2.75) is 6.42 Å². The Morgan fingerprint density at radius 1 is 1.62 bits per heavy atom. The van der Waals surface area contributed by atoms with Gasteiger partial charge in [0.2, 0.25) is 0 Å². The third-order valence-corrected chi connectivity index (χ3v) is 3.10. The molecular weight excluding hydrogens is 204 g/mol. The van der Waals surface area contributed by atoms with Crippen LogP contribution in [0.5, 0.6) is 0 Å². The van der Waals surface area contributed by atoms with E-state index in [1.807, 2.05) is 12.1 Å². The molecule has 64 valence electrons. The van der Waals surface area contributed by atoms with Gasteiger partial charge in [0.25, 0.3) is 0 Å². The molecule has 0 aliphatic heterocycles. The number of halogens is 1. The first-order valence-electron chi connectivity index (χ1n) is 3.71. The summed E-state index contributed by atoms with van der Waals surface area (Å²) in [5.74, 6) is 0. The second-order valence-electron chi connectivity index (χ2n) is 2.56. The first kappa shape index (κ1) is 8.49. The molecule has 0 atom stereocenters. The van der Waals surface area contributed by atoms with Gasteiger partial charge in [-0.05, 0) is 12.1 Å². The van der Waals surface area contributed by atoms with E-state index in [4.69, 9.17) is 16.9 Å². The van der Waals surface area contributed by atoms with Gasteiger partial charge < -0.3 is 0 Å². The van der Waals surface area contributed by atoms with Gasteiger partial charge in [0.05, 0.1) is 12.5 Å². The summed E-state index contributed by atoms with van der Waals surface area (Å²) >= 11 is 7.47. The number of pyridine rings is 1. The molecule has 0 saturated heterocycles. The second kappa shape index (κ2) is 3.33. The van der Waals surface area contributed by atoms with Crippen molar-refractivity contribution in [3.8, 4) is 6.07 Å². The summed E-state index contributed by atoms with van der Waals surface area (Å²) in [7, 11) is 0. The lowest BCUT2D eigenvalue weighted by atomic mass is 10.3. The molecule has 4 heteroatoms. The number of thiophene rings is 1. The van der Waals surface area contributed by atoms with Crippen LogP contribution in [0.1, 0.15) is 4.88 Å². The van der Waals surface area contributed by atoms with E-state index in [2.05, 4.69) is 11.1 Å². The zero-order valence-electron chi connectivity index (χ0n) is 6.62. The Bertz CT molecular complexity index is 484. The Hall–Kier alpha value is -1.11. The summed E-state index contributed by atoms with van der Waals surface area (Å²) in [6.45, 7) is 0. The van der Waals surface area contributed by atoms with E-state index in [9.17, 15) is 0 Å². The van der Waals surface area contributed by atoms with Crippen molar-refractivity contribution in [2.75, 3.05) is 0 Å². The predicted molar refractivity (Wildman–Crippen MR) is 53.9 cm³/mol. The van der Waals surface area contributed by atoms with Gasteiger partial charge in [-0.1, -0.05) is 11.6 Å². The number of hydrogen-bond acceptors (Lipinski definition) is 3. The highest BCUT2D eigenvalue weighted by Crippen LogP contribution is 2.29. The molecule has 2 nitrogen and oxygen atoms in total. The third-order valence-electron chi connectivity index (χ3n) is 1.70. The standard InChI is InChI=1S/C9H5ClN2S/c10-9-7-5-6(1-3-11)13-8(7)2-4-12-9/h2,4-5H,1H2. The largest absolute Gasteiger partial charge is 0.244 e. The number of rotatable bonds is 1. The summed E-state index contributed by atoms with van der Waals surface area (Å²) in [5, 5.41) is 9.98. The van der Waals surface area contributed by atoms with Crippen LogP contribution in [0.15, 0.2) is 18.3 Å². The molecule has 13 heavy (non-hydrogen) atoms. The van der Waals surface area contributed by atoms with Crippen molar-refractivity contribution >= 4 is 33.0 Å². The maximum atomic E-state index is 8.52. The minimum Gasteiger partial charge on any atom is -0.244 e. The highest BCUT2D eigenvalue weighted by atomic mass is 35.5. The predicted octanol–water partition coefficient (Wildman–Crippen LogP) is 3.02. The molecule has 0 spiro atoms. The van der Waals surface area contributed by atoms with Crippen LogP contribution >= 0.6 is 22.9 Å². The molecule has 0 aromatic carbocycles. The summed E-state index contributed by atoms with van der Waals surface area (Å²) < 4.78 is 1.09. The smallest absolute Gasteiger partial charge is 0.137 e. The molecule has 0 saturated carbocycles. The van der Waals surface area contributed by atoms with Crippen molar-refractivity contribution in [1.29, 1.82) is 5.26 Å². The van der Waals surface area contributed by atoms with Gasteiger partial charge >= 0.3 is 0 Å². The van der Waals surface area contributed by atoms with E-state index in [0.717, 1.165) is 15.0 Å². The van der Waals surface area contributed by atoms with E-state index < -0.39 is 0 Å². The fraction of sp³-hybridized carbons (Fsp3) is 0.111.